The van der Waals surface area contributed by atoms with E-state index in [1.54, 1.807) is 0 Å². The fourth-order valence-corrected chi connectivity index (χ4v) is 3.67. The Hall–Kier alpha value is -2.64. The highest BCUT2D eigenvalue weighted by molar-refractivity contribution is 5.93. The number of carbonyl (C=O) groups is 4. The van der Waals surface area contributed by atoms with E-state index in [4.69, 9.17) is 4.74 Å². The number of amides is 3. The van der Waals surface area contributed by atoms with Crippen LogP contribution in [-0.2, 0) is 23.9 Å². The lowest BCUT2D eigenvalue weighted by molar-refractivity contribution is -0.153. The number of hydrogen-bond donors (Lipinski definition) is 3. The Labute approximate surface area is 184 Å². The number of rotatable bonds is 6. The summed E-state index contributed by atoms with van der Waals surface area (Å²) in [7, 11) is 0. The molecule has 1 aliphatic heterocycles. The van der Waals surface area contributed by atoms with Crippen LogP contribution in [0.15, 0.2) is 23.8 Å². The predicted octanol–water partition coefficient (Wildman–Crippen LogP) is 1.90. The van der Waals surface area contributed by atoms with Crippen molar-refractivity contribution in [2.75, 3.05) is 6.54 Å². The number of hydrogen-bond acceptors (Lipinski definition) is 5. The van der Waals surface area contributed by atoms with Gasteiger partial charge in [-0.1, -0.05) is 44.9 Å². The molecule has 3 N–H and O–H groups in total. The number of cyclic esters (lactones) is 1. The van der Waals surface area contributed by atoms with Crippen molar-refractivity contribution in [2.45, 2.75) is 83.9 Å². The highest BCUT2D eigenvalue weighted by Gasteiger charge is 2.30. The largest absolute Gasteiger partial charge is 0.460 e. The Morgan fingerprint density at radius 3 is 2.58 bits per heavy atom. The van der Waals surface area contributed by atoms with Crippen LogP contribution in [0.4, 0.5) is 0 Å². The molecule has 1 heterocycles. The summed E-state index contributed by atoms with van der Waals surface area (Å²) >= 11 is 0. The predicted molar refractivity (Wildman–Crippen MR) is 117 cm³/mol. The Morgan fingerprint density at radius 2 is 1.90 bits per heavy atom. The molecule has 2 rings (SSSR count). The van der Waals surface area contributed by atoms with E-state index in [9.17, 15) is 19.2 Å². The molecule has 8 nitrogen and oxygen atoms in total. The van der Waals surface area contributed by atoms with Crippen LogP contribution in [0.25, 0.3) is 0 Å². The Balaban J connectivity index is 2.21. The highest BCUT2D eigenvalue weighted by atomic mass is 16.5. The minimum Gasteiger partial charge on any atom is -0.460 e. The van der Waals surface area contributed by atoms with Gasteiger partial charge in [0, 0.05) is 6.42 Å². The number of unbranched alkanes of at least 4 members (excludes halogenated alkanes) is 1. The maximum absolute atomic E-state index is 12.9. The van der Waals surface area contributed by atoms with Gasteiger partial charge in [0.25, 0.3) is 0 Å². The molecule has 31 heavy (non-hydrogen) atoms. The summed E-state index contributed by atoms with van der Waals surface area (Å²) in [6.07, 6.45) is 10.3. The van der Waals surface area contributed by atoms with Gasteiger partial charge in [-0.05, 0) is 37.7 Å². The van der Waals surface area contributed by atoms with Crippen LogP contribution in [0.2, 0.25) is 0 Å². The lowest BCUT2D eigenvalue weighted by Crippen LogP contribution is -2.53. The zero-order valence-electron chi connectivity index (χ0n) is 18.7. The third-order valence-corrected chi connectivity index (χ3v) is 5.64. The number of ether oxygens (including phenoxy) is 1. The summed E-state index contributed by atoms with van der Waals surface area (Å²) in [5.74, 6) is -1.89. The molecule has 4 atom stereocenters. The first-order valence-corrected chi connectivity index (χ1v) is 11.2. The quantitative estimate of drug-likeness (QED) is 0.554. The molecule has 0 aromatic heterocycles. The van der Waals surface area contributed by atoms with Crippen LogP contribution in [-0.4, -0.2) is 48.4 Å². The van der Waals surface area contributed by atoms with E-state index in [1.807, 2.05) is 25.2 Å². The van der Waals surface area contributed by atoms with Crippen molar-refractivity contribution in [3.05, 3.63) is 23.8 Å². The number of carbonyl (C=O) groups excluding carboxylic acids is 4. The molecular weight excluding hydrogens is 398 g/mol. The molecule has 1 aliphatic carbocycles. The van der Waals surface area contributed by atoms with Crippen LogP contribution < -0.4 is 16.0 Å². The monoisotopic (exact) mass is 433 g/mol. The van der Waals surface area contributed by atoms with Crippen molar-refractivity contribution in [3.8, 4) is 0 Å². The van der Waals surface area contributed by atoms with Gasteiger partial charge >= 0.3 is 5.97 Å². The molecule has 0 radical (unpaired) electrons. The summed E-state index contributed by atoms with van der Waals surface area (Å²) in [5, 5.41) is 7.93. The van der Waals surface area contributed by atoms with Crippen molar-refractivity contribution in [3.63, 3.8) is 0 Å². The average Bonchev–Trinajstić information content (AvgIpc) is 2.75. The fourth-order valence-electron chi connectivity index (χ4n) is 3.67. The molecule has 2 aliphatic rings. The van der Waals surface area contributed by atoms with E-state index in [1.165, 1.54) is 6.92 Å². The number of esters is 1. The Morgan fingerprint density at radius 1 is 1.13 bits per heavy atom. The normalized spacial score (nSPS) is 26.8. The smallest absolute Gasteiger partial charge is 0.325 e. The van der Waals surface area contributed by atoms with Crippen LogP contribution in [0.5, 0.6) is 0 Å². The second kappa shape index (κ2) is 12.3. The summed E-state index contributed by atoms with van der Waals surface area (Å²) in [6, 6.07) is -1.67. The topological polar surface area (TPSA) is 114 Å². The van der Waals surface area contributed by atoms with E-state index in [0.29, 0.717) is 6.42 Å². The first-order valence-electron chi connectivity index (χ1n) is 11.2. The van der Waals surface area contributed by atoms with Crippen molar-refractivity contribution in [1.29, 1.82) is 0 Å². The minimum absolute atomic E-state index is 0.0225. The van der Waals surface area contributed by atoms with Gasteiger partial charge in [0.15, 0.2) is 0 Å². The van der Waals surface area contributed by atoms with Crippen molar-refractivity contribution < 1.29 is 23.9 Å². The van der Waals surface area contributed by atoms with E-state index in [-0.39, 0.29) is 24.8 Å². The van der Waals surface area contributed by atoms with Gasteiger partial charge < -0.3 is 20.7 Å². The maximum Gasteiger partial charge on any atom is 0.325 e. The van der Waals surface area contributed by atoms with Gasteiger partial charge in [-0.15, -0.1) is 0 Å². The molecule has 0 bridgehead atoms. The van der Waals surface area contributed by atoms with Crippen LogP contribution in [0, 0.1) is 5.92 Å². The van der Waals surface area contributed by atoms with Crippen molar-refractivity contribution in [1.82, 2.24) is 16.0 Å². The maximum atomic E-state index is 12.9. The minimum atomic E-state index is -0.851. The number of nitrogens with one attached hydrogen (secondary N) is 3. The second-order valence-corrected chi connectivity index (χ2v) is 8.38. The van der Waals surface area contributed by atoms with E-state index < -0.39 is 36.0 Å². The third kappa shape index (κ3) is 8.19. The summed E-state index contributed by atoms with van der Waals surface area (Å²) in [4.78, 5) is 50.2. The first kappa shape index (κ1) is 24.6. The molecule has 0 unspecified atom stereocenters. The number of allylic oxidation sites excluding steroid dienone is 3. The molecule has 8 heteroatoms. The zero-order valence-corrected chi connectivity index (χ0v) is 18.7. The fraction of sp³-hybridized carbons (Fsp3) is 0.652. The summed E-state index contributed by atoms with van der Waals surface area (Å²) in [6.45, 7) is 5.25. The standard InChI is InChI=1S/C23H35N3O5/c1-4-5-9-15(2)19-13-20(27)26-18(12-17-10-7-6-8-11-17)23(30)25-16(3)22(29)24-14-21(28)31-19/h7,10-11,15-16,18-19H,4-6,8-9,12-14H2,1-3H3,(H,24,29)(H,25,30)(H,26,27)/t15-,16+,18+,19-/m0/s1. The molecule has 1 fully saturated rings. The molecule has 1 saturated heterocycles. The van der Waals surface area contributed by atoms with Crippen LogP contribution in [0.1, 0.15) is 65.7 Å². The van der Waals surface area contributed by atoms with Gasteiger partial charge in [0.2, 0.25) is 17.7 Å². The SMILES string of the molecule is CCCC[C@H](C)[C@@H]1CC(=O)N[C@H](CC2=CCCC=C2)C(=O)N[C@H](C)C(=O)NCC(=O)O1. The average molecular weight is 434 g/mol. The first-order chi connectivity index (χ1) is 14.8. The molecule has 3 amide bonds. The molecule has 0 saturated carbocycles. The Kier molecular flexibility index (Phi) is 9.75. The van der Waals surface area contributed by atoms with E-state index >= 15 is 0 Å². The highest BCUT2D eigenvalue weighted by Crippen LogP contribution is 2.20. The summed E-state index contributed by atoms with van der Waals surface area (Å²) in [5.41, 5.74) is 0.965. The van der Waals surface area contributed by atoms with Gasteiger partial charge in [-0.3, -0.25) is 19.2 Å². The molecular formula is C23H35N3O5. The van der Waals surface area contributed by atoms with Crippen molar-refractivity contribution in [2.24, 2.45) is 5.92 Å². The molecule has 0 aromatic rings. The van der Waals surface area contributed by atoms with E-state index in [2.05, 4.69) is 22.9 Å². The Bertz CT molecular complexity index is 731. The lowest BCUT2D eigenvalue weighted by atomic mass is 9.95. The van der Waals surface area contributed by atoms with Gasteiger partial charge in [0.1, 0.15) is 24.7 Å². The van der Waals surface area contributed by atoms with Crippen molar-refractivity contribution >= 4 is 23.7 Å². The van der Waals surface area contributed by atoms with Gasteiger partial charge in [-0.2, -0.15) is 0 Å². The molecule has 172 valence electrons. The third-order valence-electron chi connectivity index (χ3n) is 5.64. The second-order valence-electron chi connectivity index (χ2n) is 8.38. The van der Waals surface area contributed by atoms with Crippen LogP contribution >= 0.6 is 0 Å². The molecule has 0 spiro atoms. The van der Waals surface area contributed by atoms with Crippen LogP contribution in [0.3, 0.4) is 0 Å². The van der Waals surface area contributed by atoms with Gasteiger partial charge in [0.05, 0.1) is 6.42 Å². The van der Waals surface area contributed by atoms with Gasteiger partial charge in [-0.25, -0.2) is 0 Å². The van der Waals surface area contributed by atoms with E-state index in [0.717, 1.165) is 37.7 Å². The lowest BCUT2D eigenvalue weighted by Gasteiger charge is -2.25. The zero-order chi connectivity index (χ0) is 22.8. The molecule has 0 aromatic carbocycles. The summed E-state index contributed by atoms with van der Waals surface area (Å²) < 4.78 is 5.55.